The van der Waals surface area contributed by atoms with Gasteiger partial charge in [0.05, 0.1) is 19.8 Å². The smallest absolute Gasteiger partial charge is 0.332 e. The Morgan fingerprint density at radius 2 is 2.18 bits per heavy atom. The van der Waals surface area contributed by atoms with E-state index >= 15 is 0 Å². The number of rotatable bonds is 5. The van der Waals surface area contributed by atoms with Gasteiger partial charge in [0.1, 0.15) is 11.6 Å². The van der Waals surface area contributed by atoms with Gasteiger partial charge in [-0.05, 0) is 0 Å². The number of thiocarbonyl (C=S) groups is 1. The van der Waals surface area contributed by atoms with Crippen LogP contribution in [0.3, 0.4) is 0 Å². The summed E-state index contributed by atoms with van der Waals surface area (Å²) in [7, 11) is 0. The van der Waals surface area contributed by atoms with Gasteiger partial charge in [-0.1, -0.05) is 12.2 Å². The van der Waals surface area contributed by atoms with Crippen molar-refractivity contribution in [1.29, 1.82) is 0 Å². The van der Waals surface area contributed by atoms with Crippen LogP contribution in [0.15, 0.2) is 0 Å². The topological polar surface area (TPSA) is 91.3 Å². The van der Waals surface area contributed by atoms with Crippen molar-refractivity contribution in [2.45, 2.75) is 6.04 Å². The summed E-state index contributed by atoms with van der Waals surface area (Å²) in [4.78, 5) is 13.5. The molecule has 7 nitrogen and oxygen atoms in total. The Morgan fingerprint density at radius 1 is 1.53 bits per heavy atom. The number of carbonyl (C=O) groups excluding carboxylic acids is 1. The Hall–Kier alpha value is -0.800. The molecule has 0 aromatic carbocycles. The third-order valence-corrected chi connectivity index (χ3v) is 2.76. The number of esters is 1. The van der Waals surface area contributed by atoms with Crippen LogP contribution in [0.5, 0.6) is 0 Å². The van der Waals surface area contributed by atoms with Gasteiger partial charge in [-0.2, -0.15) is 5.48 Å². The number of aliphatic hydroxyl groups excluding tert-OH is 1. The first-order valence-corrected chi connectivity index (χ1v) is 5.65. The molecule has 0 aliphatic carbocycles. The highest BCUT2D eigenvalue weighted by Crippen LogP contribution is 2.04. The molecule has 0 aromatic heterocycles. The molecule has 1 atom stereocenters. The highest BCUT2D eigenvalue weighted by Gasteiger charge is 2.28. The second-order valence-corrected chi connectivity index (χ2v) is 3.81. The molecular weight excluding hydrogens is 248 g/mol. The lowest BCUT2D eigenvalue weighted by atomic mass is 10.2. The van der Waals surface area contributed by atoms with Crippen molar-refractivity contribution in [2.24, 2.45) is 0 Å². The van der Waals surface area contributed by atoms with Crippen LogP contribution in [0.4, 0.5) is 0 Å². The fourth-order valence-corrected chi connectivity index (χ4v) is 1.74. The molecule has 1 rings (SSSR count). The van der Waals surface area contributed by atoms with Crippen LogP contribution in [-0.2, 0) is 14.3 Å². The quantitative estimate of drug-likeness (QED) is 0.315. The Morgan fingerprint density at radius 3 is 2.71 bits per heavy atom. The van der Waals surface area contributed by atoms with Crippen LogP contribution in [-0.4, -0.2) is 71.7 Å². The molecule has 0 amide bonds. The maximum atomic E-state index is 11.5. The Labute approximate surface area is 104 Å². The number of carbonyl (C=O) groups is 1. The SMILES string of the molecule is O=C(OCCO)C(NO)C(=S)N1CCOCC1. The van der Waals surface area contributed by atoms with E-state index in [1.54, 1.807) is 4.90 Å². The Balaban J connectivity index is 2.52. The number of hydroxylamine groups is 1. The average molecular weight is 264 g/mol. The second kappa shape index (κ2) is 7.51. The van der Waals surface area contributed by atoms with Gasteiger partial charge in [0, 0.05) is 13.1 Å². The summed E-state index contributed by atoms with van der Waals surface area (Å²) in [5.74, 6) is -0.710. The zero-order chi connectivity index (χ0) is 12.7. The predicted octanol–water partition coefficient (Wildman–Crippen LogP) is -1.47. The normalized spacial score (nSPS) is 17.6. The minimum absolute atomic E-state index is 0.122. The van der Waals surface area contributed by atoms with Gasteiger partial charge in [-0.25, -0.2) is 4.79 Å². The summed E-state index contributed by atoms with van der Waals surface area (Å²) < 4.78 is 9.85. The number of morpholine rings is 1. The van der Waals surface area contributed by atoms with Crippen molar-refractivity contribution in [3.63, 3.8) is 0 Å². The minimum atomic E-state index is -1.09. The molecule has 1 heterocycles. The van der Waals surface area contributed by atoms with E-state index in [0.717, 1.165) is 0 Å². The van der Waals surface area contributed by atoms with E-state index in [0.29, 0.717) is 26.3 Å². The van der Waals surface area contributed by atoms with E-state index in [2.05, 4.69) is 0 Å². The zero-order valence-electron chi connectivity index (χ0n) is 9.29. The third kappa shape index (κ3) is 4.17. The Bertz CT molecular complexity index is 270. The molecule has 1 aliphatic heterocycles. The van der Waals surface area contributed by atoms with Crippen LogP contribution in [0, 0.1) is 0 Å². The van der Waals surface area contributed by atoms with Crippen LogP contribution < -0.4 is 5.48 Å². The molecule has 3 N–H and O–H groups in total. The maximum absolute atomic E-state index is 11.5. The van der Waals surface area contributed by atoms with Crippen molar-refractivity contribution in [3.8, 4) is 0 Å². The first-order valence-electron chi connectivity index (χ1n) is 5.24. The fraction of sp³-hybridized carbons (Fsp3) is 0.778. The number of hydrogen-bond acceptors (Lipinski definition) is 7. The van der Waals surface area contributed by atoms with E-state index in [1.165, 1.54) is 0 Å². The minimum Gasteiger partial charge on any atom is -0.462 e. The molecule has 1 aliphatic rings. The summed E-state index contributed by atoms with van der Waals surface area (Å²) in [5.41, 5.74) is 1.83. The number of nitrogens with one attached hydrogen (secondary N) is 1. The third-order valence-electron chi connectivity index (χ3n) is 2.27. The first kappa shape index (κ1) is 14.3. The van der Waals surface area contributed by atoms with Crippen molar-refractivity contribution >= 4 is 23.2 Å². The van der Waals surface area contributed by atoms with Gasteiger partial charge in [0.2, 0.25) is 0 Å². The summed E-state index contributed by atoms with van der Waals surface area (Å²) in [5, 5.41) is 17.5. The average Bonchev–Trinajstić information content (AvgIpc) is 2.38. The van der Waals surface area contributed by atoms with Crippen LogP contribution in [0.1, 0.15) is 0 Å². The van der Waals surface area contributed by atoms with E-state index in [1.807, 2.05) is 5.48 Å². The lowest BCUT2D eigenvalue weighted by Gasteiger charge is -2.31. The van der Waals surface area contributed by atoms with Crippen LogP contribution >= 0.6 is 12.2 Å². The molecule has 0 spiro atoms. The molecule has 0 saturated carbocycles. The summed E-state index contributed by atoms with van der Waals surface area (Å²) >= 11 is 5.11. The molecule has 8 heteroatoms. The van der Waals surface area contributed by atoms with E-state index in [-0.39, 0.29) is 18.2 Å². The number of ether oxygens (including phenoxy) is 2. The van der Waals surface area contributed by atoms with Gasteiger partial charge < -0.3 is 24.7 Å². The lowest BCUT2D eigenvalue weighted by Crippen LogP contribution is -2.52. The first-order chi connectivity index (χ1) is 8.20. The summed E-state index contributed by atoms with van der Waals surface area (Å²) in [6, 6.07) is -1.09. The van der Waals surface area contributed by atoms with Gasteiger partial charge in [0.25, 0.3) is 0 Å². The fourth-order valence-electron chi connectivity index (χ4n) is 1.40. The number of hydrogen-bond donors (Lipinski definition) is 3. The maximum Gasteiger partial charge on any atom is 0.332 e. The van der Waals surface area contributed by atoms with Gasteiger partial charge >= 0.3 is 5.97 Å². The number of nitrogens with zero attached hydrogens (tertiary/aromatic N) is 1. The second-order valence-electron chi connectivity index (χ2n) is 3.39. The van der Waals surface area contributed by atoms with Crippen molar-refractivity contribution in [3.05, 3.63) is 0 Å². The molecule has 17 heavy (non-hydrogen) atoms. The van der Waals surface area contributed by atoms with Gasteiger partial charge in [-0.3, -0.25) is 0 Å². The highest BCUT2D eigenvalue weighted by atomic mass is 32.1. The summed E-state index contributed by atoms with van der Waals surface area (Å²) in [6.07, 6.45) is 0. The highest BCUT2D eigenvalue weighted by molar-refractivity contribution is 7.80. The van der Waals surface area contributed by atoms with Crippen molar-refractivity contribution < 1.29 is 24.6 Å². The van der Waals surface area contributed by atoms with E-state index in [4.69, 9.17) is 32.0 Å². The van der Waals surface area contributed by atoms with E-state index < -0.39 is 12.0 Å². The Kier molecular flexibility index (Phi) is 6.30. The molecule has 1 unspecified atom stereocenters. The molecule has 1 fully saturated rings. The number of aliphatic hydroxyl groups is 1. The molecule has 1 saturated heterocycles. The molecule has 98 valence electrons. The van der Waals surface area contributed by atoms with E-state index in [9.17, 15) is 4.79 Å². The van der Waals surface area contributed by atoms with Crippen molar-refractivity contribution in [1.82, 2.24) is 10.4 Å². The molecule has 0 radical (unpaired) electrons. The van der Waals surface area contributed by atoms with Gasteiger partial charge in [0.15, 0.2) is 6.04 Å². The van der Waals surface area contributed by atoms with Crippen LogP contribution in [0.25, 0.3) is 0 Å². The monoisotopic (exact) mass is 264 g/mol. The standard InChI is InChI=1S/C9H16N2O5S/c12-3-6-16-9(13)7(10-14)8(17)11-1-4-15-5-2-11/h7,10,12,14H,1-6H2. The molecule has 0 bridgehead atoms. The zero-order valence-corrected chi connectivity index (χ0v) is 10.1. The van der Waals surface area contributed by atoms with Gasteiger partial charge in [-0.15, -0.1) is 0 Å². The molecule has 0 aromatic rings. The predicted molar refractivity (Wildman–Crippen MR) is 61.7 cm³/mol. The largest absolute Gasteiger partial charge is 0.462 e. The molecular formula is C9H16N2O5S. The lowest BCUT2D eigenvalue weighted by molar-refractivity contribution is -0.147. The van der Waals surface area contributed by atoms with Crippen LogP contribution in [0.2, 0.25) is 0 Å². The van der Waals surface area contributed by atoms with Crippen molar-refractivity contribution in [2.75, 3.05) is 39.5 Å². The summed E-state index contributed by atoms with van der Waals surface area (Å²) in [6.45, 7) is 1.82.